The Labute approximate surface area is 78.6 Å². The first-order chi connectivity index (χ1) is 6.50. The van der Waals surface area contributed by atoms with Gasteiger partial charge in [-0.25, -0.2) is 14.2 Å². The fraction of sp³-hybridized carbons (Fsp3) is 0.125. The first kappa shape index (κ1) is 10.1. The molecule has 5 nitrogen and oxygen atoms in total. The maximum absolute atomic E-state index is 12.9. The first-order valence-corrected chi connectivity index (χ1v) is 3.68. The van der Waals surface area contributed by atoms with Gasteiger partial charge in [-0.15, -0.1) is 0 Å². The van der Waals surface area contributed by atoms with Crippen LogP contribution in [0.15, 0.2) is 12.1 Å². The molecular formula is C8H7FN2O3. The fourth-order valence-electron chi connectivity index (χ4n) is 0.868. The van der Waals surface area contributed by atoms with Crippen molar-refractivity contribution >= 4 is 17.7 Å². The molecule has 1 aromatic heterocycles. The Kier molecular flexibility index (Phi) is 2.76. The number of anilines is 1. The van der Waals surface area contributed by atoms with Crippen LogP contribution in [0, 0.1) is 5.82 Å². The lowest BCUT2D eigenvalue weighted by Crippen LogP contribution is -2.11. The van der Waals surface area contributed by atoms with Gasteiger partial charge in [0.15, 0.2) is 11.6 Å². The van der Waals surface area contributed by atoms with Crippen LogP contribution in [0.4, 0.5) is 15.0 Å². The smallest absolute Gasteiger partial charge is 0.410 e. The zero-order valence-corrected chi connectivity index (χ0v) is 7.24. The van der Waals surface area contributed by atoms with Crippen molar-refractivity contribution in [1.82, 2.24) is 4.98 Å². The zero-order chi connectivity index (χ0) is 10.7. The normalized spacial score (nSPS) is 9.57. The third-order valence-corrected chi connectivity index (χ3v) is 1.41. The highest BCUT2D eigenvalue weighted by molar-refractivity contribution is 5.93. The topological polar surface area (TPSA) is 79.3 Å². The summed E-state index contributed by atoms with van der Waals surface area (Å²) in [5.41, 5.74) is -0.378. The van der Waals surface area contributed by atoms with Gasteiger partial charge in [0, 0.05) is 6.92 Å². The molecule has 0 aromatic carbocycles. The van der Waals surface area contributed by atoms with Crippen LogP contribution in [-0.2, 0) is 0 Å². The third kappa shape index (κ3) is 2.25. The lowest BCUT2D eigenvalue weighted by atomic mass is 10.2. The Morgan fingerprint density at radius 1 is 1.50 bits per heavy atom. The van der Waals surface area contributed by atoms with E-state index in [0.29, 0.717) is 0 Å². The van der Waals surface area contributed by atoms with E-state index >= 15 is 0 Å². The highest BCUT2D eigenvalue weighted by atomic mass is 19.1. The minimum absolute atomic E-state index is 0.0795. The van der Waals surface area contributed by atoms with E-state index in [1.807, 2.05) is 5.32 Å². The number of nitrogens with zero attached hydrogens (tertiary/aromatic N) is 1. The van der Waals surface area contributed by atoms with Crippen molar-refractivity contribution in [3.05, 3.63) is 23.6 Å². The molecule has 0 aliphatic rings. The lowest BCUT2D eigenvalue weighted by Gasteiger charge is -2.02. The number of carbonyl (C=O) groups excluding carboxylic acids is 1. The van der Waals surface area contributed by atoms with Gasteiger partial charge in [-0.05, 0) is 12.1 Å². The van der Waals surface area contributed by atoms with E-state index in [9.17, 15) is 14.0 Å². The molecule has 0 atom stereocenters. The SMILES string of the molecule is CC(=O)c1nc(NC(=O)O)ccc1F. The van der Waals surface area contributed by atoms with Crippen molar-refractivity contribution in [3.63, 3.8) is 0 Å². The summed E-state index contributed by atoms with van der Waals surface area (Å²) in [5, 5.41) is 10.2. The van der Waals surface area contributed by atoms with Gasteiger partial charge in [0.2, 0.25) is 0 Å². The van der Waals surface area contributed by atoms with Gasteiger partial charge in [0.05, 0.1) is 0 Å². The van der Waals surface area contributed by atoms with E-state index < -0.39 is 17.7 Å². The largest absolute Gasteiger partial charge is 0.465 e. The number of hydrogen-bond donors (Lipinski definition) is 2. The monoisotopic (exact) mass is 198 g/mol. The lowest BCUT2D eigenvalue weighted by molar-refractivity contribution is 0.100. The summed E-state index contributed by atoms with van der Waals surface area (Å²) in [7, 11) is 0. The molecule has 74 valence electrons. The second-order valence-corrected chi connectivity index (χ2v) is 2.51. The van der Waals surface area contributed by atoms with Crippen LogP contribution in [0.1, 0.15) is 17.4 Å². The number of nitrogens with one attached hydrogen (secondary N) is 1. The quantitative estimate of drug-likeness (QED) is 0.706. The molecule has 0 radical (unpaired) electrons. The van der Waals surface area contributed by atoms with Crippen molar-refractivity contribution in [2.24, 2.45) is 0 Å². The molecule has 0 aliphatic carbocycles. The molecule has 14 heavy (non-hydrogen) atoms. The predicted molar refractivity (Wildman–Crippen MR) is 45.8 cm³/mol. The molecule has 0 fully saturated rings. The minimum atomic E-state index is -1.32. The average molecular weight is 198 g/mol. The van der Waals surface area contributed by atoms with E-state index in [4.69, 9.17) is 5.11 Å². The van der Waals surface area contributed by atoms with Gasteiger partial charge in [0.1, 0.15) is 11.5 Å². The van der Waals surface area contributed by atoms with Crippen molar-refractivity contribution in [2.45, 2.75) is 6.92 Å². The molecular weight excluding hydrogens is 191 g/mol. The summed E-state index contributed by atoms with van der Waals surface area (Å²) < 4.78 is 12.9. The number of aromatic nitrogens is 1. The van der Waals surface area contributed by atoms with Crippen LogP contribution in [0.2, 0.25) is 0 Å². The number of Topliss-reactive ketones (excluding diaryl/α,β-unsaturated/α-hetero) is 1. The van der Waals surface area contributed by atoms with E-state index in [0.717, 1.165) is 19.1 Å². The van der Waals surface area contributed by atoms with Crippen LogP contribution in [-0.4, -0.2) is 22.0 Å². The van der Waals surface area contributed by atoms with Gasteiger partial charge >= 0.3 is 6.09 Å². The van der Waals surface area contributed by atoms with E-state index in [2.05, 4.69) is 4.98 Å². The van der Waals surface area contributed by atoms with Crippen molar-refractivity contribution in [3.8, 4) is 0 Å². The third-order valence-electron chi connectivity index (χ3n) is 1.41. The van der Waals surface area contributed by atoms with Crippen LogP contribution < -0.4 is 5.32 Å². The minimum Gasteiger partial charge on any atom is -0.465 e. The molecule has 0 unspecified atom stereocenters. The Balaban J connectivity index is 3.06. The van der Waals surface area contributed by atoms with Crippen molar-refractivity contribution in [2.75, 3.05) is 5.32 Å². The first-order valence-electron chi connectivity index (χ1n) is 3.68. The Hall–Kier alpha value is -1.98. The van der Waals surface area contributed by atoms with Gasteiger partial charge in [-0.1, -0.05) is 0 Å². The number of amides is 1. The predicted octanol–water partition coefficient (Wildman–Crippen LogP) is 1.51. The average Bonchev–Trinajstić information content (AvgIpc) is 2.07. The molecule has 1 aromatic rings. The maximum atomic E-state index is 12.9. The number of carbonyl (C=O) groups is 2. The summed E-state index contributed by atoms with van der Waals surface area (Å²) in [4.78, 5) is 24.5. The molecule has 2 N–H and O–H groups in total. The van der Waals surface area contributed by atoms with Crippen molar-refractivity contribution in [1.29, 1.82) is 0 Å². The Bertz CT molecular complexity index is 392. The van der Waals surface area contributed by atoms with Crippen molar-refractivity contribution < 1.29 is 19.1 Å². The molecule has 1 amide bonds. The molecule has 0 aliphatic heterocycles. The zero-order valence-electron chi connectivity index (χ0n) is 7.24. The van der Waals surface area contributed by atoms with E-state index in [-0.39, 0.29) is 11.5 Å². The second-order valence-electron chi connectivity index (χ2n) is 2.51. The molecule has 1 rings (SSSR count). The van der Waals surface area contributed by atoms with Gasteiger partial charge in [-0.3, -0.25) is 10.1 Å². The highest BCUT2D eigenvalue weighted by Gasteiger charge is 2.10. The van der Waals surface area contributed by atoms with Gasteiger partial charge in [-0.2, -0.15) is 0 Å². The van der Waals surface area contributed by atoms with Crippen LogP contribution >= 0.6 is 0 Å². The highest BCUT2D eigenvalue weighted by Crippen LogP contribution is 2.10. The van der Waals surface area contributed by atoms with Crippen LogP contribution in [0.3, 0.4) is 0 Å². The Morgan fingerprint density at radius 3 is 2.64 bits per heavy atom. The second kappa shape index (κ2) is 3.82. The summed E-state index contributed by atoms with van der Waals surface area (Å²) in [6, 6.07) is 2.12. The molecule has 6 heteroatoms. The Morgan fingerprint density at radius 2 is 2.14 bits per heavy atom. The maximum Gasteiger partial charge on any atom is 0.410 e. The molecule has 1 heterocycles. The number of carboxylic acid groups (broad SMARTS) is 1. The molecule has 0 saturated carbocycles. The summed E-state index contributed by atoms with van der Waals surface area (Å²) in [6.45, 7) is 1.15. The molecule has 0 bridgehead atoms. The number of rotatable bonds is 2. The van der Waals surface area contributed by atoms with Crippen LogP contribution in [0.25, 0.3) is 0 Å². The molecule has 0 spiro atoms. The van der Waals surface area contributed by atoms with E-state index in [1.165, 1.54) is 0 Å². The summed E-state index contributed by atoms with van der Waals surface area (Å²) >= 11 is 0. The summed E-state index contributed by atoms with van der Waals surface area (Å²) in [5.74, 6) is -1.41. The van der Waals surface area contributed by atoms with Gasteiger partial charge < -0.3 is 5.11 Å². The van der Waals surface area contributed by atoms with E-state index in [1.54, 1.807) is 0 Å². The number of ketones is 1. The number of hydrogen-bond acceptors (Lipinski definition) is 3. The summed E-state index contributed by atoms with van der Waals surface area (Å²) in [6.07, 6.45) is -1.32. The molecule has 0 saturated heterocycles. The fourth-order valence-corrected chi connectivity index (χ4v) is 0.868. The van der Waals surface area contributed by atoms with Crippen LogP contribution in [0.5, 0.6) is 0 Å². The number of pyridine rings is 1. The number of halogens is 1. The van der Waals surface area contributed by atoms with Gasteiger partial charge in [0.25, 0.3) is 0 Å². The standard InChI is InChI=1S/C8H7FN2O3/c1-4(12)7-5(9)2-3-6(10-7)11-8(13)14/h2-3H,1H3,(H,10,11)(H,13,14).